The maximum absolute atomic E-state index is 12.5. The number of hydrogen-bond acceptors (Lipinski definition) is 4. The van der Waals surface area contributed by atoms with E-state index in [9.17, 15) is 9.90 Å². The highest BCUT2D eigenvalue weighted by Crippen LogP contribution is 2.34. The molecule has 0 aromatic rings. The number of nitrogens with one attached hydrogen (secondary N) is 2. The lowest BCUT2D eigenvalue weighted by Gasteiger charge is -2.33. The fraction of sp³-hybridized carbons (Fsp3) is 0.929. The molecule has 3 unspecified atom stereocenters. The van der Waals surface area contributed by atoms with Crippen molar-refractivity contribution in [2.75, 3.05) is 26.2 Å². The Balaban J connectivity index is 1.97. The first-order chi connectivity index (χ1) is 8.91. The van der Waals surface area contributed by atoms with E-state index in [-0.39, 0.29) is 29.9 Å². The van der Waals surface area contributed by atoms with Gasteiger partial charge in [0.05, 0.1) is 11.5 Å². The quantitative estimate of drug-likeness (QED) is 0.686. The Labute approximate surface area is 115 Å². The maximum atomic E-state index is 12.5. The summed E-state index contributed by atoms with van der Waals surface area (Å²) in [5.41, 5.74) is -1.25. The van der Waals surface area contributed by atoms with Crippen LogP contribution in [-0.4, -0.2) is 49.0 Å². The van der Waals surface area contributed by atoms with E-state index in [1.165, 1.54) is 0 Å². The van der Waals surface area contributed by atoms with E-state index in [2.05, 4.69) is 24.5 Å². The van der Waals surface area contributed by atoms with Crippen LogP contribution in [-0.2, 0) is 9.53 Å². The first-order valence-corrected chi connectivity index (χ1v) is 7.24. The molecule has 0 spiro atoms. The molecule has 2 fully saturated rings. The molecular weight excluding hydrogens is 244 g/mol. The van der Waals surface area contributed by atoms with Gasteiger partial charge in [0.25, 0.3) is 0 Å². The zero-order valence-corrected chi connectivity index (χ0v) is 12.2. The lowest BCUT2D eigenvalue weighted by atomic mass is 9.75. The van der Waals surface area contributed by atoms with Crippen molar-refractivity contribution >= 4 is 5.91 Å². The van der Waals surface area contributed by atoms with Gasteiger partial charge in [-0.25, -0.2) is 0 Å². The standard InChI is InChI=1S/C14H26N2O3/c1-10(2)13(4-6-15-8-13)12(17)16-9-14(18)5-7-19-11(14)3/h10-11,15,18H,4-9H2,1-3H3,(H,16,17). The summed E-state index contributed by atoms with van der Waals surface area (Å²) in [4.78, 5) is 12.5. The molecule has 2 rings (SSSR count). The number of hydrogen-bond donors (Lipinski definition) is 3. The van der Waals surface area contributed by atoms with Gasteiger partial charge in [-0.15, -0.1) is 0 Å². The molecule has 5 nitrogen and oxygen atoms in total. The summed E-state index contributed by atoms with van der Waals surface area (Å²) in [6, 6.07) is 0. The van der Waals surface area contributed by atoms with Crippen LogP contribution in [0.4, 0.5) is 0 Å². The number of carbonyl (C=O) groups is 1. The summed E-state index contributed by atoms with van der Waals surface area (Å²) >= 11 is 0. The molecule has 0 aromatic heterocycles. The fourth-order valence-corrected chi connectivity index (χ4v) is 3.07. The van der Waals surface area contributed by atoms with Crippen molar-refractivity contribution in [3.63, 3.8) is 0 Å². The van der Waals surface area contributed by atoms with Gasteiger partial charge in [0.15, 0.2) is 0 Å². The van der Waals surface area contributed by atoms with Crippen LogP contribution in [0.1, 0.15) is 33.6 Å². The third kappa shape index (κ3) is 2.64. The van der Waals surface area contributed by atoms with Gasteiger partial charge in [0.1, 0.15) is 5.60 Å². The van der Waals surface area contributed by atoms with Gasteiger partial charge in [0.2, 0.25) is 5.91 Å². The molecule has 5 heteroatoms. The monoisotopic (exact) mass is 270 g/mol. The Hall–Kier alpha value is -0.650. The molecule has 0 radical (unpaired) electrons. The molecule has 2 aliphatic rings. The highest BCUT2D eigenvalue weighted by Gasteiger charge is 2.46. The molecule has 0 bridgehead atoms. The van der Waals surface area contributed by atoms with Crippen LogP contribution in [0.25, 0.3) is 0 Å². The summed E-state index contributed by atoms with van der Waals surface area (Å²) in [7, 11) is 0. The first kappa shape index (κ1) is 14.8. The van der Waals surface area contributed by atoms with Gasteiger partial charge in [-0.1, -0.05) is 13.8 Å². The summed E-state index contributed by atoms with van der Waals surface area (Å²) in [5.74, 6) is 0.342. The van der Waals surface area contributed by atoms with E-state index in [0.29, 0.717) is 13.0 Å². The fourth-order valence-electron chi connectivity index (χ4n) is 3.07. The van der Waals surface area contributed by atoms with Crippen LogP contribution in [0, 0.1) is 11.3 Å². The van der Waals surface area contributed by atoms with Crippen molar-refractivity contribution in [1.82, 2.24) is 10.6 Å². The predicted molar refractivity (Wildman–Crippen MR) is 72.7 cm³/mol. The number of ether oxygens (including phenoxy) is 1. The largest absolute Gasteiger partial charge is 0.385 e. The minimum absolute atomic E-state index is 0.0556. The Kier molecular flexibility index (Phi) is 4.18. The lowest BCUT2D eigenvalue weighted by molar-refractivity contribution is -0.134. The average Bonchev–Trinajstić information content (AvgIpc) is 2.96. The van der Waals surface area contributed by atoms with Crippen molar-refractivity contribution in [2.45, 2.75) is 45.3 Å². The second-order valence-electron chi connectivity index (χ2n) is 6.29. The molecule has 2 heterocycles. The number of amides is 1. The van der Waals surface area contributed by atoms with E-state index in [1.807, 2.05) is 6.92 Å². The molecule has 19 heavy (non-hydrogen) atoms. The van der Waals surface area contributed by atoms with E-state index in [4.69, 9.17) is 4.74 Å². The molecule has 2 aliphatic heterocycles. The van der Waals surface area contributed by atoms with E-state index < -0.39 is 5.60 Å². The van der Waals surface area contributed by atoms with Gasteiger partial charge >= 0.3 is 0 Å². The van der Waals surface area contributed by atoms with Crippen molar-refractivity contribution in [3.05, 3.63) is 0 Å². The Morgan fingerprint density at radius 1 is 1.53 bits per heavy atom. The molecular formula is C14H26N2O3. The topological polar surface area (TPSA) is 70.6 Å². The van der Waals surface area contributed by atoms with Crippen LogP contribution in [0.3, 0.4) is 0 Å². The van der Waals surface area contributed by atoms with Crippen molar-refractivity contribution in [1.29, 1.82) is 0 Å². The first-order valence-electron chi connectivity index (χ1n) is 7.24. The van der Waals surface area contributed by atoms with Gasteiger partial charge in [-0.05, 0) is 25.8 Å². The van der Waals surface area contributed by atoms with Crippen molar-refractivity contribution < 1.29 is 14.6 Å². The van der Waals surface area contributed by atoms with Crippen LogP contribution in [0.5, 0.6) is 0 Å². The second kappa shape index (κ2) is 5.38. The summed E-state index contributed by atoms with van der Waals surface area (Å²) < 4.78 is 5.39. The third-order valence-electron chi connectivity index (χ3n) is 4.96. The predicted octanol–water partition coefficient (Wildman–Crippen LogP) is 0.278. The molecule has 0 aromatic carbocycles. The molecule has 3 N–H and O–H groups in total. The Morgan fingerprint density at radius 2 is 2.26 bits per heavy atom. The Morgan fingerprint density at radius 3 is 2.74 bits per heavy atom. The van der Waals surface area contributed by atoms with Gasteiger partial charge in [0, 0.05) is 26.1 Å². The second-order valence-corrected chi connectivity index (χ2v) is 6.29. The molecule has 3 atom stereocenters. The lowest BCUT2D eigenvalue weighted by Crippen LogP contribution is -2.53. The van der Waals surface area contributed by atoms with E-state index >= 15 is 0 Å². The molecule has 2 saturated heterocycles. The van der Waals surface area contributed by atoms with Crippen molar-refractivity contribution in [3.8, 4) is 0 Å². The van der Waals surface area contributed by atoms with E-state index in [1.54, 1.807) is 0 Å². The molecule has 110 valence electrons. The smallest absolute Gasteiger partial charge is 0.227 e. The third-order valence-corrected chi connectivity index (χ3v) is 4.96. The highest BCUT2D eigenvalue weighted by molar-refractivity contribution is 5.83. The molecule has 1 amide bonds. The average molecular weight is 270 g/mol. The maximum Gasteiger partial charge on any atom is 0.227 e. The van der Waals surface area contributed by atoms with Gasteiger partial charge in [-0.2, -0.15) is 0 Å². The zero-order valence-electron chi connectivity index (χ0n) is 12.2. The summed E-state index contributed by atoms with van der Waals surface area (Å²) in [6.07, 6.45) is 1.23. The van der Waals surface area contributed by atoms with Crippen LogP contribution in [0.2, 0.25) is 0 Å². The SMILES string of the molecule is CC1OCCC1(O)CNC(=O)C1(C(C)C)CCNC1. The van der Waals surface area contributed by atoms with Crippen LogP contribution >= 0.6 is 0 Å². The number of carbonyl (C=O) groups excluding carboxylic acids is 1. The highest BCUT2D eigenvalue weighted by atomic mass is 16.5. The minimum Gasteiger partial charge on any atom is -0.385 e. The zero-order chi connectivity index (χ0) is 14.1. The van der Waals surface area contributed by atoms with E-state index in [0.717, 1.165) is 19.5 Å². The minimum atomic E-state index is -0.917. The molecule has 0 saturated carbocycles. The summed E-state index contributed by atoms with van der Waals surface area (Å²) in [6.45, 7) is 8.47. The number of rotatable bonds is 4. The van der Waals surface area contributed by atoms with Gasteiger partial charge < -0.3 is 20.5 Å². The number of aliphatic hydroxyl groups is 1. The normalized spacial score (nSPS) is 38.9. The molecule has 0 aliphatic carbocycles. The van der Waals surface area contributed by atoms with Crippen LogP contribution in [0.15, 0.2) is 0 Å². The van der Waals surface area contributed by atoms with Gasteiger partial charge in [-0.3, -0.25) is 4.79 Å². The summed E-state index contributed by atoms with van der Waals surface area (Å²) in [5, 5.41) is 16.6. The van der Waals surface area contributed by atoms with Crippen LogP contribution < -0.4 is 10.6 Å². The van der Waals surface area contributed by atoms with Crippen molar-refractivity contribution in [2.24, 2.45) is 11.3 Å². The Bertz CT molecular complexity index is 340.